The fourth-order valence-electron chi connectivity index (χ4n) is 4.04. The molecule has 3 aliphatic rings. The van der Waals surface area contributed by atoms with Gasteiger partial charge in [-0.2, -0.15) is 0 Å². The van der Waals surface area contributed by atoms with Crippen molar-refractivity contribution >= 4 is 6.29 Å². The summed E-state index contributed by atoms with van der Waals surface area (Å²) in [7, 11) is 0. The highest BCUT2D eigenvalue weighted by Gasteiger charge is 2.74. The Balaban J connectivity index is 1.94. The normalized spacial score (nSPS) is 62.1. The Morgan fingerprint density at radius 1 is 1.47 bits per heavy atom. The predicted molar refractivity (Wildman–Crippen MR) is 54.3 cm³/mol. The molecule has 1 saturated heterocycles. The molecular weight excluding hydrogens is 192 g/mol. The zero-order valence-electron chi connectivity index (χ0n) is 9.27. The van der Waals surface area contributed by atoms with Crippen molar-refractivity contribution in [1.82, 2.24) is 0 Å². The Morgan fingerprint density at radius 2 is 2.20 bits per heavy atom. The van der Waals surface area contributed by atoms with Crippen LogP contribution in [-0.4, -0.2) is 29.2 Å². The van der Waals surface area contributed by atoms with E-state index >= 15 is 0 Å². The summed E-state index contributed by atoms with van der Waals surface area (Å²) in [5.41, 5.74) is -0.363. The lowest BCUT2D eigenvalue weighted by atomic mass is 9.62. The Morgan fingerprint density at radius 3 is 2.87 bits per heavy atom. The van der Waals surface area contributed by atoms with E-state index in [1.54, 1.807) is 0 Å². The first kappa shape index (κ1) is 9.79. The fourth-order valence-corrected chi connectivity index (χ4v) is 4.04. The second-order valence-corrected chi connectivity index (χ2v) is 5.86. The smallest absolute Gasteiger partial charge is 0.154 e. The summed E-state index contributed by atoms with van der Waals surface area (Å²) in [4.78, 5) is 11.1. The van der Waals surface area contributed by atoms with Gasteiger partial charge in [-0.25, -0.2) is 0 Å². The molecule has 1 heterocycles. The van der Waals surface area contributed by atoms with Gasteiger partial charge in [0.2, 0.25) is 0 Å². The molecule has 0 radical (unpaired) electrons. The van der Waals surface area contributed by atoms with Gasteiger partial charge in [-0.3, -0.25) is 0 Å². The van der Waals surface area contributed by atoms with Crippen molar-refractivity contribution in [3.05, 3.63) is 0 Å². The molecule has 3 rings (SSSR count). The van der Waals surface area contributed by atoms with Crippen LogP contribution in [0.25, 0.3) is 0 Å². The Hall–Kier alpha value is -0.410. The lowest BCUT2D eigenvalue weighted by Crippen LogP contribution is -2.43. The van der Waals surface area contributed by atoms with E-state index in [0.717, 1.165) is 25.5 Å². The minimum atomic E-state index is -0.474. The molecule has 15 heavy (non-hydrogen) atoms. The van der Waals surface area contributed by atoms with E-state index in [1.165, 1.54) is 0 Å². The first-order valence-corrected chi connectivity index (χ1v) is 5.85. The third-order valence-corrected chi connectivity index (χ3v) is 5.18. The van der Waals surface area contributed by atoms with Crippen LogP contribution in [0.15, 0.2) is 0 Å². The second-order valence-electron chi connectivity index (χ2n) is 5.86. The van der Waals surface area contributed by atoms with Crippen LogP contribution in [-0.2, 0) is 9.53 Å². The van der Waals surface area contributed by atoms with Crippen molar-refractivity contribution in [2.45, 2.75) is 50.9 Å². The average molecular weight is 210 g/mol. The van der Waals surface area contributed by atoms with E-state index < -0.39 is 5.60 Å². The van der Waals surface area contributed by atoms with Gasteiger partial charge in [0.15, 0.2) is 11.9 Å². The number of aliphatic hydroxyl groups excluding tert-OH is 1. The van der Waals surface area contributed by atoms with Crippen molar-refractivity contribution in [3.63, 3.8) is 0 Å². The van der Waals surface area contributed by atoms with Crippen molar-refractivity contribution in [2.75, 3.05) is 0 Å². The Kier molecular flexibility index (Phi) is 1.72. The standard InChI is InChI=1S/C12H18O3/c1-7-3-9(14)4-8-5-12(6-13)10(15-12)11(7,8)2/h6-10,14H,3-5H2,1-2H3. The average Bonchev–Trinajstić information content (AvgIpc) is 2.84. The number of hydrogen-bond acceptors (Lipinski definition) is 3. The SMILES string of the molecule is CC1CC(O)CC2CC3(C=O)OC3C12C. The molecule has 2 saturated carbocycles. The number of fused-ring (bicyclic) bond motifs is 3. The molecule has 6 atom stereocenters. The molecule has 3 fully saturated rings. The van der Waals surface area contributed by atoms with Crippen LogP contribution in [0.5, 0.6) is 0 Å². The number of ether oxygens (including phenoxy) is 1. The van der Waals surface area contributed by atoms with Gasteiger partial charge in [-0.1, -0.05) is 13.8 Å². The van der Waals surface area contributed by atoms with Gasteiger partial charge < -0.3 is 14.6 Å². The van der Waals surface area contributed by atoms with Gasteiger partial charge in [-0.15, -0.1) is 0 Å². The molecule has 0 bridgehead atoms. The molecular formula is C12H18O3. The number of aliphatic hydroxyl groups is 1. The van der Waals surface area contributed by atoms with Gasteiger partial charge in [0, 0.05) is 5.41 Å². The molecule has 2 aliphatic carbocycles. The van der Waals surface area contributed by atoms with Crippen LogP contribution in [0.4, 0.5) is 0 Å². The molecule has 0 aromatic heterocycles. The summed E-state index contributed by atoms with van der Waals surface area (Å²) >= 11 is 0. The number of aldehydes is 1. The number of carbonyl (C=O) groups excluding carboxylic acids is 1. The molecule has 6 unspecified atom stereocenters. The van der Waals surface area contributed by atoms with Crippen LogP contribution < -0.4 is 0 Å². The summed E-state index contributed by atoms with van der Waals surface area (Å²) in [6.07, 6.45) is 3.44. The third kappa shape index (κ3) is 1.01. The highest BCUT2D eigenvalue weighted by molar-refractivity contribution is 5.70. The van der Waals surface area contributed by atoms with E-state index in [0.29, 0.717) is 11.8 Å². The zero-order valence-corrected chi connectivity index (χ0v) is 9.27. The molecule has 1 N–H and O–H groups in total. The van der Waals surface area contributed by atoms with Gasteiger partial charge in [0.25, 0.3) is 0 Å². The van der Waals surface area contributed by atoms with Crippen molar-refractivity contribution in [3.8, 4) is 0 Å². The van der Waals surface area contributed by atoms with Crippen LogP contribution in [0.1, 0.15) is 33.1 Å². The first-order chi connectivity index (χ1) is 7.03. The second kappa shape index (κ2) is 2.64. The fraction of sp³-hybridized carbons (Fsp3) is 0.917. The van der Waals surface area contributed by atoms with E-state index in [-0.39, 0.29) is 17.6 Å². The molecule has 0 amide bonds. The summed E-state index contributed by atoms with van der Waals surface area (Å²) in [6, 6.07) is 0. The molecule has 3 heteroatoms. The maximum Gasteiger partial charge on any atom is 0.154 e. The molecule has 84 valence electrons. The third-order valence-electron chi connectivity index (χ3n) is 5.18. The van der Waals surface area contributed by atoms with Crippen LogP contribution in [0.2, 0.25) is 0 Å². The van der Waals surface area contributed by atoms with E-state index in [9.17, 15) is 9.90 Å². The number of epoxide rings is 1. The van der Waals surface area contributed by atoms with Gasteiger partial charge in [0.05, 0.1) is 6.10 Å². The quantitative estimate of drug-likeness (QED) is 0.521. The number of rotatable bonds is 1. The number of carbonyl (C=O) groups is 1. The maximum absolute atomic E-state index is 11.1. The first-order valence-electron chi connectivity index (χ1n) is 5.85. The molecule has 0 aromatic rings. The maximum atomic E-state index is 11.1. The van der Waals surface area contributed by atoms with Gasteiger partial charge >= 0.3 is 0 Å². The van der Waals surface area contributed by atoms with Gasteiger partial charge in [-0.05, 0) is 31.1 Å². The van der Waals surface area contributed by atoms with E-state index in [1.807, 2.05) is 0 Å². The summed E-state index contributed by atoms with van der Waals surface area (Å²) in [5, 5.41) is 9.77. The lowest BCUT2D eigenvalue weighted by Gasteiger charge is -2.44. The van der Waals surface area contributed by atoms with Crippen molar-refractivity contribution in [1.29, 1.82) is 0 Å². The molecule has 1 aliphatic heterocycles. The summed E-state index contributed by atoms with van der Waals surface area (Å²) < 4.78 is 5.62. The van der Waals surface area contributed by atoms with E-state index in [4.69, 9.17) is 4.74 Å². The highest BCUT2D eigenvalue weighted by atomic mass is 16.6. The Labute approximate surface area is 89.8 Å². The molecule has 0 aromatic carbocycles. The van der Waals surface area contributed by atoms with Crippen LogP contribution in [0.3, 0.4) is 0 Å². The lowest BCUT2D eigenvalue weighted by molar-refractivity contribution is -0.113. The van der Waals surface area contributed by atoms with Crippen molar-refractivity contribution in [2.24, 2.45) is 17.3 Å². The highest BCUT2D eigenvalue weighted by Crippen LogP contribution is 2.67. The predicted octanol–water partition coefficient (Wildman–Crippen LogP) is 1.14. The van der Waals surface area contributed by atoms with Crippen LogP contribution in [0, 0.1) is 17.3 Å². The van der Waals surface area contributed by atoms with Crippen molar-refractivity contribution < 1.29 is 14.6 Å². The zero-order chi connectivity index (χ0) is 10.8. The minimum Gasteiger partial charge on any atom is -0.393 e. The largest absolute Gasteiger partial charge is 0.393 e. The van der Waals surface area contributed by atoms with Gasteiger partial charge in [0.1, 0.15) is 6.10 Å². The summed E-state index contributed by atoms with van der Waals surface area (Å²) in [5.74, 6) is 0.903. The summed E-state index contributed by atoms with van der Waals surface area (Å²) in [6.45, 7) is 4.41. The van der Waals surface area contributed by atoms with E-state index in [2.05, 4.69) is 13.8 Å². The van der Waals surface area contributed by atoms with Crippen LogP contribution >= 0.6 is 0 Å². The monoisotopic (exact) mass is 210 g/mol. The minimum absolute atomic E-state index is 0.111. The topological polar surface area (TPSA) is 49.8 Å². The Bertz CT molecular complexity index is 316. The molecule has 0 spiro atoms. The molecule has 3 nitrogen and oxygen atoms in total. The number of hydrogen-bond donors (Lipinski definition) is 1.